The van der Waals surface area contributed by atoms with Crippen molar-refractivity contribution in [2.24, 2.45) is 0 Å². The molecule has 0 aliphatic rings. The molecule has 4 rings (SSSR count). The Morgan fingerprint density at radius 1 is 0.935 bits per heavy atom. The third-order valence-electron chi connectivity index (χ3n) is 4.26. The summed E-state index contributed by atoms with van der Waals surface area (Å²) in [5, 5.41) is 13.9. The highest BCUT2D eigenvalue weighted by atomic mass is 32.2. The minimum Gasteiger partial charge on any atom is -0.461 e. The standard InChI is InChI=1S/C22H19N5O3S/c28-19(24-21(29)23-17-10-5-2-6-11-17)15-31-22-26-25-20(18-12-7-13-30-18)27(22)14-16-8-3-1-4-9-16/h1-13H,14-15H2,(H2,23,24,28,29). The number of anilines is 1. The summed E-state index contributed by atoms with van der Waals surface area (Å²) in [7, 11) is 0. The van der Waals surface area contributed by atoms with Gasteiger partial charge in [-0.1, -0.05) is 60.3 Å². The number of thioether (sulfide) groups is 1. The largest absolute Gasteiger partial charge is 0.461 e. The highest BCUT2D eigenvalue weighted by molar-refractivity contribution is 7.99. The minimum absolute atomic E-state index is 0.00723. The van der Waals surface area contributed by atoms with Crippen molar-refractivity contribution in [1.29, 1.82) is 0 Å². The zero-order valence-corrected chi connectivity index (χ0v) is 17.2. The summed E-state index contributed by atoms with van der Waals surface area (Å²) in [6.07, 6.45) is 1.57. The van der Waals surface area contributed by atoms with Crippen LogP contribution in [0.3, 0.4) is 0 Å². The molecule has 0 atom stereocenters. The molecule has 2 heterocycles. The maximum Gasteiger partial charge on any atom is 0.325 e. The lowest BCUT2D eigenvalue weighted by Gasteiger charge is -2.09. The predicted octanol–water partition coefficient (Wildman–Crippen LogP) is 4.03. The van der Waals surface area contributed by atoms with Crippen molar-refractivity contribution in [3.05, 3.63) is 84.6 Å². The number of aromatic nitrogens is 3. The van der Waals surface area contributed by atoms with E-state index in [-0.39, 0.29) is 5.75 Å². The molecule has 0 spiro atoms. The Hall–Kier alpha value is -3.85. The van der Waals surface area contributed by atoms with E-state index in [9.17, 15) is 9.59 Å². The van der Waals surface area contributed by atoms with E-state index in [0.717, 1.165) is 5.56 Å². The van der Waals surface area contributed by atoms with Gasteiger partial charge in [0.05, 0.1) is 18.6 Å². The van der Waals surface area contributed by atoms with Crippen LogP contribution in [0, 0.1) is 0 Å². The maximum absolute atomic E-state index is 12.3. The molecule has 4 aromatic rings. The number of nitrogens with one attached hydrogen (secondary N) is 2. The molecule has 0 fully saturated rings. The maximum atomic E-state index is 12.3. The number of carbonyl (C=O) groups is 2. The second kappa shape index (κ2) is 9.77. The summed E-state index contributed by atoms with van der Waals surface area (Å²) in [5.41, 5.74) is 1.66. The summed E-state index contributed by atoms with van der Waals surface area (Å²) in [5.74, 6) is 0.723. The normalized spacial score (nSPS) is 10.6. The zero-order chi connectivity index (χ0) is 21.5. The first-order valence-electron chi connectivity index (χ1n) is 9.49. The summed E-state index contributed by atoms with van der Waals surface area (Å²) in [6, 6.07) is 21.8. The van der Waals surface area contributed by atoms with Crippen molar-refractivity contribution >= 4 is 29.4 Å². The van der Waals surface area contributed by atoms with Gasteiger partial charge in [-0.2, -0.15) is 0 Å². The lowest BCUT2D eigenvalue weighted by Crippen LogP contribution is -2.35. The van der Waals surface area contributed by atoms with Crippen LogP contribution in [0.1, 0.15) is 5.56 Å². The van der Waals surface area contributed by atoms with E-state index in [0.29, 0.717) is 29.0 Å². The molecule has 0 aliphatic carbocycles. The number of carbonyl (C=O) groups excluding carboxylic acids is 2. The number of rotatable bonds is 7. The topological polar surface area (TPSA) is 102 Å². The number of amides is 3. The molecule has 0 bridgehead atoms. The number of benzene rings is 2. The first kappa shape index (κ1) is 20.4. The first-order valence-corrected chi connectivity index (χ1v) is 10.5. The molecule has 2 N–H and O–H groups in total. The molecule has 2 aromatic heterocycles. The van der Waals surface area contributed by atoms with E-state index in [1.54, 1.807) is 42.7 Å². The van der Waals surface area contributed by atoms with Gasteiger partial charge in [-0.05, 0) is 29.8 Å². The first-order chi connectivity index (χ1) is 15.2. The lowest BCUT2D eigenvalue weighted by molar-refractivity contribution is -0.117. The molecule has 2 aromatic carbocycles. The fourth-order valence-corrected chi connectivity index (χ4v) is 3.61. The summed E-state index contributed by atoms with van der Waals surface area (Å²) < 4.78 is 7.37. The van der Waals surface area contributed by atoms with Gasteiger partial charge in [0, 0.05) is 5.69 Å². The Morgan fingerprint density at radius 2 is 1.68 bits per heavy atom. The van der Waals surface area contributed by atoms with Crippen LogP contribution in [0.5, 0.6) is 0 Å². The molecule has 3 amide bonds. The van der Waals surface area contributed by atoms with Gasteiger partial charge in [0.25, 0.3) is 0 Å². The zero-order valence-electron chi connectivity index (χ0n) is 16.4. The quantitative estimate of drug-likeness (QED) is 0.427. The third-order valence-corrected chi connectivity index (χ3v) is 5.23. The number of hydrogen-bond acceptors (Lipinski definition) is 6. The van der Waals surface area contributed by atoms with Crippen LogP contribution >= 0.6 is 11.8 Å². The van der Waals surface area contributed by atoms with Crippen LogP contribution in [0.2, 0.25) is 0 Å². The summed E-state index contributed by atoms with van der Waals surface area (Å²) >= 11 is 1.20. The van der Waals surface area contributed by atoms with Gasteiger partial charge in [0.2, 0.25) is 11.7 Å². The van der Waals surface area contributed by atoms with Gasteiger partial charge in [0.1, 0.15) is 0 Å². The number of nitrogens with zero attached hydrogens (tertiary/aromatic N) is 3. The monoisotopic (exact) mass is 433 g/mol. The molecule has 31 heavy (non-hydrogen) atoms. The van der Waals surface area contributed by atoms with E-state index in [2.05, 4.69) is 20.8 Å². The van der Waals surface area contributed by atoms with Crippen molar-refractivity contribution < 1.29 is 14.0 Å². The molecule has 0 unspecified atom stereocenters. The number of furan rings is 1. The van der Waals surface area contributed by atoms with Crippen LogP contribution in [0.15, 0.2) is 88.6 Å². The van der Waals surface area contributed by atoms with Gasteiger partial charge in [-0.3, -0.25) is 14.7 Å². The molecule has 0 radical (unpaired) electrons. The Bertz CT molecular complexity index is 1140. The van der Waals surface area contributed by atoms with Gasteiger partial charge in [-0.15, -0.1) is 10.2 Å². The molecule has 0 saturated heterocycles. The average molecular weight is 433 g/mol. The molecular weight excluding hydrogens is 414 g/mol. The summed E-state index contributed by atoms with van der Waals surface area (Å²) in [6.45, 7) is 0.516. The smallest absolute Gasteiger partial charge is 0.325 e. The van der Waals surface area contributed by atoms with Crippen LogP contribution < -0.4 is 10.6 Å². The average Bonchev–Trinajstić information content (AvgIpc) is 3.44. The number of imide groups is 1. The van der Waals surface area contributed by atoms with Crippen LogP contribution in [0.25, 0.3) is 11.6 Å². The van der Waals surface area contributed by atoms with E-state index in [1.165, 1.54) is 11.8 Å². The predicted molar refractivity (Wildman–Crippen MR) is 118 cm³/mol. The number of para-hydroxylation sites is 1. The SMILES string of the molecule is O=C(CSc1nnc(-c2ccco2)n1Cc1ccccc1)NC(=O)Nc1ccccc1. The van der Waals surface area contributed by atoms with E-state index in [1.807, 2.05) is 41.0 Å². The van der Waals surface area contributed by atoms with Gasteiger partial charge in [-0.25, -0.2) is 4.79 Å². The van der Waals surface area contributed by atoms with E-state index in [4.69, 9.17) is 4.42 Å². The van der Waals surface area contributed by atoms with Crippen molar-refractivity contribution in [3.8, 4) is 11.6 Å². The molecule has 9 heteroatoms. The number of hydrogen-bond donors (Lipinski definition) is 2. The van der Waals surface area contributed by atoms with Crippen LogP contribution in [-0.2, 0) is 11.3 Å². The van der Waals surface area contributed by atoms with E-state index < -0.39 is 11.9 Å². The third kappa shape index (κ3) is 5.40. The van der Waals surface area contributed by atoms with Crippen molar-refractivity contribution in [2.45, 2.75) is 11.7 Å². The molecular formula is C22H19N5O3S. The van der Waals surface area contributed by atoms with Crippen LogP contribution in [-0.4, -0.2) is 32.5 Å². The van der Waals surface area contributed by atoms with E-state index >= 15 is 0 Å². The Kier molecular flexibility index (Phi) is 6.44. The number of urea groups is 1. The summed E-state index contributed by atoms with van der Waals surface area (Å²) in [4.78, 5) is 24.3. The lowest BCUT2D eigenvalue weighted by atomic mass is 10.2. The fourth-order valence-electron chi connectivity index (χ4n) is 2.87. The van der Waals surface area contributed by atoms with Gasteiger partial charge < -0.3 is 9.73 Å². The Balaban J connectivity index is 1.43. The Morgan fingerprint density at radius 3 is 2.39 bits per heavy atom. The molecule has 156 valence electrons. The molecule has 0 aliphatic heterocycles. The van der Waals surface area contributed by atoms with Gasteiger partial charge in [0.15, 0.2) is 10.9 Å². The minimum atomic E-state index is -0.584. The van der Waals surface area contributed by atoms with Crippen molar-refractivity contribution in [3.63, 3.8) is 0 Å². The van der Waals surface area contributed by atoms with Crippen molar-refractivity contribution in [2.75, 3.05) is 11.1 Å². The second-order valence-corrected chi connectivity index (χ2v) is 7.45. The fraction of sp³-hybridized carbons (Fsp3) is 0.0909. The van der Waals surface area contributed by atoms with Crippen molar-refractivity contribution in [1.82, 2.24) is 20.1 Å². The van der Waals surface area contributed by atoms with Gasteiger partial charge >= 0.3 is 6.03 Å². The second-order valence-electron chi connectivity index (χ2n) is 6.51. The Labute approximate surface area is 182 Å². The molecule has 8 nitrogen and oxygen atoms in total. The highest BCUT2D eigenvalue weighted by Gasteiger charge is 2.18. The van der Waals surface area contributed by atoms with Crippen LogP contribution in [0.4, 0.5) is 10.5 Å². The molecule has 0 saturated carbocycles. The highest BCUT2D eigenvalue weighted by Crippen LogP contribution is 2.25.